The minimum absolute atomic E-state index is 0.336. The molecule has 0 radical (unpaired) electrons. The first-order valence-electron chi connectivity index (χ1n) is 14.0. The zero-order valence-electron chi connectivity index (χ0n) is 22.7. The van der Waals surface area contributed by atoms with Crippen LogP contribution in [0.5, 0.6) is 0 Å². The second kappa shape index (κ2) is 8.33. The summed E-state index contributed by atoms with van der Waals surface area (Å²) in [5, 5.41) is 4.80. The van der Waals surface area contributed by atoms with E-state index in [1.807, 2.05) is 23.6 Å². The number of nitrogens with one attached hydrogen (secondary N) is 1. The average molecular weight is 527 g/mol. The van der Waals surface area contributed by atoms with Gasteiger partial charge in [-0.2, -0.15) is 0 Å². The standard InChI is InChI=1S/C34H30N4S/c1-17(2)28-16-25-21-9-8-20-15-29(39-33(20)23(21)11-12-27(25)36-28)19-7-10-22-26(14-19)30-24(6-5-13-35-30)32-31(22)37-34(38-32)18(3)4/h5-10,13-15,17-18H,11-12,16H2,1-4H3,(H,37,38). The van der Waals surface area contributed by atoms with Crippen molar-refractivity contribution < 1.29 is 0 Å². The van der Waals surface area contributed by atoms with E-state index in [9.17, 15) is 0 Å². The molecule has 3 aromatic carbocycles. The summed E-state index contributed by atoms with van der Waals surface area (Å²) in [7, 11) is 0. The lowest BCUT2D eigenvalue weighted by atomic mass is 9.86. The number of H-pyrrole nitrogens is 1. The lowest BCUT2D eigenvalue weighted by Crippen LogP contribution is -2.05. The molecule has 0 amide bonds. The summed E-state index contributed by atoms with van der Waals surface area (Å²) in [5.41, 5.74) is 11.4. The molecule has 1 aliphatic carbocycles. The Morgan fingerprint density at radius 1 is 0.872 bits per heavy atom. The summed E-state index contributed by atoms with van der Waals surface area (Å²) < 4.78 is 1.43. The molecule has 8 rings (SSSR count). The first kappa shape index (κ1) is 23.1. The summed E-state index contributed by atoms with van der Waals surface area (Å²) in [6.07, 6.45) is 5.02. The molecule has 39 heavy (non-hydrogen) atoms. The van der Waals surface area contributed by atoms with E-state index < -0.39 is 0 Å². The number of thiophene rings is 1. The van der Waals surface area contributed by atoms with E-state index in [4.69, 9.17) is 15.0 Å². The van der Waals surface area contributed by atoms with Crippen LogP contribution in [0.25, 0.3) is 58.8 Å². The smallest absolute Gasteiger partial charge is 0.109 e. The maximum Gasteiger partial charge on any atom is 0.109 e. The van der Waals surface area contributed by atoms with Gasteiger partial charge in [0.05, 0.1) is 16.6 Å². The Bertz CT molecular complexity index is 2050. The van der Waals surface area contributed by atoms with Crippen molar-refractivity contribution in [3.8, 4) is 10.4 Å². The van der Waals surface area contributed by atoms with Gasteiger partial charge in [-0.25, -0.2) is 4.98 Å². The Balaban J connectivity index is 1.29. The molecular formula is C34H30N4S. The molecule has 0 atom stereocenters. The number of aromatic nitrogens is 3. The number of benzene rings is 3. The Labute approximate surface area is 231 Å². The van der Waals surface area contributed by atoms with Gasteiger partial charge >= 0.3 is 0 Å². The van der Waals surface area contributed by atoms with Gasteiger partial charge < -0.3 is 4.98 Å². The van der Waals surface area contributed by atoms with Crippen molar-refractivity contribution in [2.45, 2.75) is 52.9 Å². The van der Waals surface area contributed by atoms with Crippen molar-refractivity contribution in [3.63, 3.8) is 0 Å². The number of rotatable bonds is 3. The number of pyridine rings is 1. The predicted octanol–water partition coefficient (Wildman–Crippen LogP) is 9.43. The van der Waals surface area contributed by atoms with Crippen molar-refractivity contribution in [2.24, 2.45) is 10.9 Å². The van der Waals surface area contributed by atoms with Crippen LogP contribution in [-0.2, 0) is 6.42 Å². The molecule has 0 saturated heterocycles. The minimum atomic E-state index is 0.336. The van der Waals surface area contributed by atoms with Crippen LogP contribution < -0.4 is 0 Å². The molecule has 0 saturated carbocycles. The van der Waals surface area contributed by atoms with Crippen molar-refractivity contribution in [1.82, 2.24) is 15.0 Å². The molecule has 1 aliphatic heterocycles. The highest BCUT2D eigenvalue weighted by molar-refractivity contribution is 7.22. The summed E-state index contributed by atoms with van der Waals surface area (Å²) in [6, 6.07) is 18.0. The third kappa shape index (κ3) is 3.39. The first-order chi connectivity index (χ1) is 19.0. The van der Waals surface area contributed by atoms with Gasteiger partial charge in [-0.05, 0) is 70.7 Å². The fraction of sp³-hybridized carbons (Fsp3) is 0.265. The van der Waals surface area contributed by atoms with Crippen LogP contribution in [-0.4, -0.2) is 20.7 Å². The number of fused-ring (bicyclic) bond motifs is 10. The van der Waals surface area contributed by atoms with Crippen LogP contribution in [0, 0.1) is 5.92 Å². The number of aliphatic imine (C=N–C) groups is 1. The first-order valence-corrected chi connectivity index (χ1v) is 14.8. The maximum atomic E-state index is 5.01. The summed E-state index contributed by atoms with van der Waals surface area (Å²) in [6.45, 7) is 8.88. The Hall–Kier alpha value is -3.83. The van der Waals surface area contributed by atoms with E-state index in [0.29, 0.717) is 11.8 Å². The number of allylic oxidation sites excluding steroid dienone is 2. The molecular weight excluding hydrogens is 496 g/mol. The number of aromatic amines is 1. The maximum absolute atomic E-state index is 5.01. The fourth-order valence-electron chi connectivity index (χ4n) is 6.41. The van der Waals surface area contributed by atoms with Crippen LogP contribution in [0.4, 0.5) is 0 Å². The normalized spacial score (nSPS) is 15.4. The van der Waals surface area contributed by atoms with E-state index in [1.165, 1.54) is 59.4 Å². The minimum Gasteiger partial charge on any atom is -0.341 e. The highest BCUT2D eigenvalue weighted by Gasteiger charge is 2.28. The molecule has 4 nitrogen and oxygen atoms in total. The van der Waals surface area contributed by atoms with E-state index in [2.05, 4.69) is 75.1 Å². The van der Waals surface area contributed by atoms with Crippen molar-refractivity contribution in [3.05, 3.63) is 77.4 Å². The molecule has 3 aromatic heterocycles. The molecule has 192 valence electrons. The lowest BCUT2D eigenvalue weighted by molar-refractivity contribution is 0.799. The van der Waals surface area contributed by atoms with Crippen LogP contribution in [0.15, 0.2) is 65.4 Å². The van der Waals surface area contributed by atoms with Crippen LogP contribution >= 0.6 is 11.3 Å². The van der Waals surface area contributed by atoms with Gasteiger partial charge in [0, 0.05) is 55.7 Å². The molecule has 5 heteroatoms. The van der Waals surface area contributed by atoms with Gasteiger partial charge in [0.1, 0.15) is 5.82 Å². The summed E-state index contributed by atoms with van der Waals surface area (Å²) in [4.78, 5) is 19.7. The SMILES string of the molecule is CC(C)C1=NC2=C(C1)c1ccc3cc(-c4ccc5c(c4)c4ncccc4c4nc(C(C)C)[nH]c54)sc3c1CC2. The molecule has 0 fully saturated rings. The van der Waals surface area contributed by atoms with Gasteiger partial charge in [0.15, 0.2) is 0 Å². The fourth-order valence-corrected chi connectivity index (χ4v) is 7.64. The van der Waals surface area contributed by atoms with Crippen molar-refractivity contribution in [1.29, 1.82) is 0 Å². The Kier molecular flexibility index (Phi) is 4.93. The van der Waals surface area contributed by atoms with E-state index in [1.54, 1.807) is 0 Å². The number of imidazole rings is 1. The molecule has 0 bridgehead atoms. The zero-order chi connectivity index (χ0) is 26.4. The molecule has 1 N–H and O–H groups in total. The second-order valence-corrected chi connectivity index (χ2v) is 12.7. The van der Waals surface area contributed by atoms with Crippen LogP contribution in [0.2, 0.25) is 0 Å². The van der Waals surface area contributed by atoms with E-state index >= 15 is 0 Å². The van der Waals surface area contributed by atoms with Gasteiger partial charge in [0.25, 0.3) is 0 Å². The average Bonchev–Trinajstić information content (AvgIpc) is 3.69. The van der Waals surface area contributed by atoms with Crippen LogP contribution in [0.3, 0.4) is 0 Å². The van der Waals surface area contributed by atoms with Crippen molar-refractivity contribution >= 4 is 65.4 Å². The number of hydrogen-bond acceptors (Lipinski definition) is 4. The second-order valence-electron chi connectivity index (χ2n) is 11.6. The quantitative estimate of drug-likeness (QED) is 0.234. The van der Waals surface area contributed by atoms with Crippen LogP contribution in [0.1, 0.15) is 63.4 Å². The molecule has 2 aliphatic rings. The summed E-state index contributed by atoms with van der Waals surface area (Å²) in [5.74, 6) is 1.87. The lowest BCUT2D eigenvalue weighted by Gasteiger charge is -2.18. The highest BCUT2D eigenvalue weighted by atomic mass is 32.1. The molecule has 4 heterocycles. The molecule has 6 aromatic rings. The zero-order valence-corrected chi connectivity index (χ0v) is 23.5. The molecule has 0 unspecified atom stereocenters. The third-order valence-electron chi connectivity index (χ3n) is 8.54. The Morgan fingerprint density at radius 3 is 2.62 bits per heavy atom. The largest absolute Gasteiger partial charge is 0.341 e. The summed E-state index contributed by atoms with van der Waals surface area (Å²) >= 11 is 1.93. The monoisotopic (exact) mass is 526 g/mol. The highest BCUT2D eigenvalue weighted by Crippen LogP contribution is 2.46. The van der Waals surface area contributed by atoms with Gasteiger partial charge in [-0.3, -0.25) is 9.98 Å². The number of nitrogens with zero attached hydrogens (tertiary/aromatic N) is 3. The van der Waals surface area contributed by atoms with Gasteiger partial charge in [0.2, 0.25) is 0 Å². The van der Waals surface area contributed by atoms with E-state index in [-0.39, 0.29) is 0 Å². The third-order valence-corrected chi connectivity index (χ3v) is 9.80. The van der Waals surface area contributed by atoms with Gasteiger partial charge in [-0.1, -0.05) is 52.0 Å². The number of hydrogen-bond donors (Lipinski definition) is 1. The Morgan fingerprint density at radius 2 is 1.77 bits per heavy atom. The topological polar surface area (TPSA) is 53.9 Å². The number of aryl methyl sites for hydroxylation is 1. The van der Waals surface area contributed by atoms with Gasteiger partial charge in [-0.15, -0.1) is 11.3 Å². The van der Waals surface area contributed by atoms with E-state index in [0.717, 1.165) is 47.0 Å². The molecule has 0 spiro atoms. The van der Waals surface area contributed by atoms with Crippen molar-refractivity contribution in [2.75, 3.05) is 0 Å². The predicted molar refractivity (Wildman–Crippen MR) is 166 cm³/mol.